The minimum absolute atomic E-state index is 0.0933. The maximum absolute atomic E-state index is 12.5. The molecule has 7 heteroatoms. The van der Waals surface area contributed by atoms with Crippen LogP contribution in [0.2, 0.25) is 0 Å². The SMILES string of the molecule is O=C(COc1ccc(C(F)(F)F)cc1)NC1CCN(Cc2ccccc2)CC1. The molecule has 3 rings (SSSR count). The Hall–Kier alpha value is -2.54. The van der Waals surface area contributed by atoms with Crippen molar-refractivity contribution in [2.24, 2.45) is 0 Å². The first-order valence-corrected chi connectivity index (χ1v) is 9.26. The molecule has 1 aliphatic heterocycles. The molecule has 1 N–H and O–H groups in total. The molecule has 1 amide bonds. The van der Waals surface area contributed by atoms with Gasteiger partial charge in [0, 0.05) is 25.7 Å². The molecule has 2 aromatic rings. The molecule has 0 aliphatic carbocycles. The molecule has 0 unspecified atom stereocenters. The standard InChI is InChI=1S/C21H23F3N2O2/c22-21(23,24)17-6-8-19(9-7-17)28-15-20(27)25-18-10-12-26(13-11-18)14-16-4-2-1-3-5-16/h1-9,18H,10-15H2,(H,25,27). The van der Waals surface area contributed by atoms with Crippen molar-refractivity contribution in [3.05, 3.63) is 65.7 Å². The van der Waals surface area contributed by atoms with Gasteiger partial charge < -0.3 is 10.1 Å². The normalized spacial score (nSPS) is 16.0. The highest BCUT2D eigenvalue weighted by molar-refractivity contribution is 5.77. The van der Waals surface area contributed by atoms with Crippen LogP contribution in [0.1, 0.15) is 24.0 Å². The Bertz CT molecular complexity index is 755. The largest absolute Gasteiger partial charge is 0.484 e. The van der Waals surface area contributed by atoms with Gasteiger partial charge in [0.2, 0.25) is 0 Å². The van der Waals surface area contributed by atoms with Gasteiger partial charge in [-0.25, -0.2) is 0 Å². The number of hydrogen-bond donors (Lipinski definition) is 1. The quantitative estimate of drug-likeness (QED) is 0.812. The van der Waals surface area contributed by atoms with E-state index in [-0.39, 0.29) is 24.3 Å². The third-order valence-electron chi connectivity index (χ3n) is 4.75. The summed E-state index contributed by atoms with van der Waals surface area (Å²) in [6.45, 7) is 2.49. The molecule has 0 spiro atoms. The lowest BCUT2D eigenvalue weighted by Gasteiger charge is -2.32. The van der Waals surface area contributed by atoms with Gasteiger partial charge in [-0.05, 0) is 42.7 Å². The zero-order valence-corrected chi connectivity index (χ0v) is 15.4. The molecule has 4 nitrogen and oxygen atoms in total. The molecular formula is C21H23F3N2O2. The van der Waals surface area contributed by atoms with Gasteiger partial charge in [0.25, 0.3) is 5.91 Å². The van der Waals surface area contributed by atoms with Gasteiger partial charge in [0.1, 0.15) is 5.75 Å². The van der Waals surface area contributed by atoms with Gasteiger partial charge in [-0.15, -0.1) is 0 Å². The number of alkyl halides is 3. The molecule has 150 valence electrons. The van der Waals surface area contributed by atoms with Crippen LogP contribution in [0.25, 0.3) is 0 Å². The second kappa shape index (κ2) is 9.10. The maximum Gasteiger partial charge on any atom is 0.416 e. The van der Waals surface area contributed by atoms with E-state index in [1.165, 1.54) is 17.7 Å². The average molecular weight is 392 g/mol. The molecule has 28 heavy (non-hydrogen) atoms. The summed E-state index contributed by atoms with van der Waals surface area (Å²) in [5.41, 5.74) is 0.529. The van der Waals surface area contributed by atoms with Gasteiger partial charge in [0.15, 0.2) is 6.61 Å². The van der Waals surface area contributed by atoms with Crippen molar-refractivity contribution in [1.82, 2.24) is 10.2 Å². The first-order valence-electron chi connectivity index (χ1n) is 9.26. The summed E-state index contributed by atoms with van der Waals surface area (Å²) >= 11 is 0. The number of hydrogen-bond acceptors (Lipinski definition) is 3. The third-order valence-corrected chi connectivity index (χ3v) is 4.75. The lowest BCUT2D eigenvalue weighted by atomic mass is 10.0. The predicted octanol–water partition coefficient (Wildman–Crippen LogP) is 3.87. The molecule has 1 fully saturated rings. The second-order valence-corrected chi connectivity index (χ2v) is 6.91. The van der Waals surface area contributed by atoms with E-state index in [4.69, 9.17) is 4.74 Å². The van der Waals surface area contributed by atoms with Crippen molar-refractivity contribution in [1.29, 1.82) is 0 Å². The first-order chi connectivity index (χ1) is 13.4. The number of amides is 1. The Kier molecular flexibility index (Phi) is 6.57. The van der Waals surface area contributed by atoms with E-state index < -0.39 is 11.7 Å². The molecule has 0 saturated carbocycles. The van der Waals surface area contributed by atoms with Gasteiger partial charge in [-0.2, -0.15) is 13.2 Å². The van der Waals surface area contributed by atoms with Crippen LogP contribution in [0.15, 0.2) is 54.6 Å². The van der Waals surface area contributed by atoms with E-state index >= 15 is 0 Å². The zero-order chi connectivity index (χ0) is 20.0. The molecular weight excluding hydrogens is 369 g/mol. The van der Waals surface area contributed by atoms with E-state index in [9.17, 15) is 18.0 Å². The monoisotopic (exact) mass is 392 g/mol. The summed E-state index contributed by atoms with van der Waals surface area (Å²) in [5.74, 6) is -0.0257. The molecule has 0 bridgehead atoms. The second-order valence-electron chi connectivity index (χ2n) is 6.91. The van der Waals surface area contributed by atoms with Crippen molar-refractivity contribution in [2.45, 2.75) is 31.6 Å². The van der Waals surface area contributed by atoms with Crippen molar-refractivity contribution in [3.8, 4) is 5.75 Å². The molecule has 1 saturated heterocycles. The van der Waals surface area contributed by atoms with Crippen molar-refractivity contribution >= 4 is 5.91 Å². The van der Waals surface area contributed by atoms with Gasteiger partial charge in [-0.1, -0.05) is 30.3 Å². The summed E-state index contributed by atoms with van der Waals surface area (Å²) < 4.78 is 42.9. The zero-order valence-electron chi connectivity index (χ0n) is 15.4. The minimum Gasteiger partial charge on any atom is -0.484 e. The average Bonchev–Trinajstić information content (AvgIpc) is 2.68. The Morgan fingerprint density at radius 3 is 2.29 bits per heavy atom. The summed E-state index contributed by atoms with van der Waals surface area (Å²) in [7, 11) is 0. The van der Waals surface area contributed by atoms with E-state index in [1.54, 1.807) is 0 Å². The fourth-order valence-corrected chi connectivity index (χ4v) is 3.24. The Labute approximate surface area is 162 Å². The van der Waals surface area contributed by atoms with Gasteiger partial charge >= 0.3 is 6.18 Å². The van der Waals surface area contributed by atoms with Gasteiger partial charge in [0.05, 0.1) is 5.56 Å². The van der Waals surface area contributed by atoms with E-state index in [0.717, 1.165) is 44.6 Å². The summed E-state index contributed by atoms with van der Waals surface area (Å²) in [5, 5.41) is 2.94. The van der Waals surface area contributed by atoms with Crippen LogP contribution in [0.5, 0.6) is 5.75 Å². The fourth-order valence-electron chi connectivity index (χ4n) is 3.24. The number of ether oxygens (including phenoxy) is 1. The van der Waals surface area contributed by atoms with Crippen LogP contribution < -0.4 is 10.1 Å². The van der Waals surface area contributed by atoms with Crippen molar-refractivity contribution in [2.75, 3.05) is 19.7 Å². The number of nitrogens with one attached hydrogen (secondary N) is 1. The van der Waals surface area contributed by atoms with Crippen molar-refractivity contribution in [3.63, 3.8) is 0 Å². The summed E-state index contributed by atoms with van der Waals surface area (Å²) in [4.78, 5) is 14.4. The Morgan fingerprint density at radius 1 is 1.04 bits per heavy atom. The van der Waals surface area contributed by atoms with Crippen LogP contribution in [-0.4, -0.2) is 36.5 Å². The predicted molar refractivity (Wildman–Crippen MR) is 99.8 cm³/mol. The first kappa shape index (κ1) is 20.2. The fraction of sp³-hybridized carbons (Fsp3) is 0.381. The number of carbonyl (C=O) groups is 1. The third kappa shape index (κ3) is 5.99. The topological polar surface area (TPSA) is 41.6 Å². The van der Waals surface area contributed by atoms with Crippen LogP contribution >= 0.6 is 0 Å². The van der Waals surface area contributed by atoms with Crippen LogP contribution in [-0.2, 0) is 17.5 Å². The highest BCUT2D eigenvalue weighted by Crippen LogP contribution is 2.30. The van der Waals surface area contributed by atoms with Gasteiger partial charge in [-0.3, -0.25) is 9.69 Å². The molecule has 0 radical (unpaired) electrons. The minimum atomic E-state index is -4.38. The number of halogens is 3. The number of piperidine rings is 1. The summed E-state index contributed by atoms with van der Waals surface area (Å²) in [6.07, 6.45) is -2.66. The summed E-state index contributed by atoms with van der Waals surface area (Å²) in [6, 6.07) is 14.7. The maximum atomic E-state index is 12.5. The Balaban J connectivity index is 1.37. The van der Waals surface area contributed by atoms with Crippen LogP contribution in [0.4, 0.5) is 13.2 Å². The number of carbonyl (C=O) groups excluding carboxylic acids is 1. The number of benzene rings is 2. The molecule has 1 aliphatic rings. The lowest BCUT2D eigenvalue weighted by Crippen LogP contribution is -2.45. The highest BCUT2D eigenvalue weighted by atomic mass is 19.4. The lowest BCUT2D eigenvalue weighted by molar-refractivity contribution is -0.137. The van der Waals surface area contributed by atoms with Crippen LogP contribution in [0, 0.1) is 0 Å². The highest BCUT2D eigenvalue weighted by Gasteiger charge is 2.30. The number of rotatable bonds is 6. The van der Waals surface area contributed by atoms with E-state index in [2.05, 4.69) is 22.3 Å². The molecule has 0 atom stereocenters. The van der Waals surface area contributed by atoms with Crippen molar-refractivity contribution < 1.29 is 22.7 Å². The van der Waals surface area contributed by atoms with E-state index in [0.29, 0.717) is 0 Å². The Morgan fingerprint density at radius 2 is 1.68 bits per heavy atom. The number of nitrogens with zero attached hydrogens (tertiary/aromatic N) is 1. The van der Waals surface area contributed by atoms with Crippen LogP contribution in [0.3, 0.4) is 0 Å². The number of likely N-dealkylation sites (tertiary alicyclic amines) is 1. The molecule has 2 aromatic carbocycles. The molecule has 1 heterocycles. The smallest absolute Gasteiger partial charge is 0.416 e. The van der Waals surface area contributed by atoms with E-state index in [1.807, 2.05) is 18.2 Å². The molecule has 0 aromatic heterocycles.